The van der Waals surface area contributed by atoms with Crippen LogP contribution < -0.4 is 5.32 Å². The first-order chi connectivity index (χ1) is 8.66. The lowest BCUT2D eigenvalue weighted by Crippen LogP contribution is -2.10. The maximum Gasteiger partial charge on any atom is 0.339 e. The van der Waals surface area contributed by atoms with Gasteiger partial charge in [0.25, 0.3) is 0 Å². The highest BCUT2D eigenvalue weighted by molar-refractivity contribution is 9.10. The highest BCUT2D eigenvalue weighted by Gasteiger charge is 2.10. The third-order valence-electron chi connectivity index (χ3n) is 2.19. The van der Waals surface area contributed by atoms with Gasteiger partial charge in [0.15, 0.2) is 0 Å². The molecule has 2 aromatic heterocycles. The number of hydrogen-bond donors (Lipinski definition) is 2. The van der Waals surface area contributed by atoms with Crippen LogP contribution >= 0.6 is 15.9 Å². The first-order valence-corrected chi connectivity index (χ1v) is 5.82. The number of carboxylic acids is 1. The Bertz CT molecular complexity index is 576. The number of aromatic carboxylic acids is 1. The minimum absolute atomic E-state index is 0.0907. The topological polar surface area (TPSA) is 88.0 Å². The van der Waals surface area contributed by atoms with E-state index in [1.165, 1.54) is 12.5 Å². The summed E-state index contributed by atoms with van der Waals surface area (Å²) in [4.78, 5) is 22.6. The van der Waals surface area contributed by atoms with Gasteiger partial charge in [-0.05, 0) is 22.0 Å². The van der Waals surface area contributed by atoms with Gasteiger partial charge in [0, 0.05) is 16.9 Å². The van der Waals surface area contributed by atoms with Gasteiger partial charge in [-0.3, -0.25) is 4.98 Å². The van der Waals surface area contributed by atoms with Gasteiger partial charge in [-0.25, -0.2) is 14.8 Å². The molecule has 6 nitrogen and oxygen atoms in total. The predicted molar refractivity (Wildman–Crippen MR) is 68.3 cm³/mol. The summed E-state index contributed by atoms with van der Waals surface area (Å²) < 4.78 is 0.841. The predicted octanol–water partition coefficient (Wildman–Crippen LogP) is 1.94. The maximum atomic E-state index is 11.0. The van der Waals surface area contributed by atoms with Crippen LogP contribution in [0.15, 0.2) is 35.5 Å². The second-order valence-electron chi connectivity index (χ2n) is 3.43. The number of carbonyl (C=O) groups is 1. The molecule has 2 N–H and O–H groups in total. The van der Waals surface area contributed by atoms with Gasteiger partial charge < -0.3 is 10.4 Å². The summed E-state index contributed by atoms with van der Waals surface area (Å²) in [5.41, 5.74) is 1.30. The Balaban J connectivity index is 2.13. The van der Waals surface area contributed by atoms with Gasteiger partial charge in [-0.15, -0.1) is 0 Å². The van der Waals surface area contributed by atoms with Crippen molar-refractivity contribution in [2.75, 3.05) is 5.32 Å². The molecule has 0 bridgehead atoms. The zero-order valence-corrected chi connectivity index (χ0v) is 10.8. The van der Waals surface area contributed by atoms with E-state index >= 15 is 0 Å². The van der Waals surface area contributed by atoms with E-state index < -0.39 is 5.97 Å². The highest BCUT2D eigenvalue weighted by atomic mass is 79.9. The second-order valence-corrected chi connectivity index (χ2v) is 4.35. The van der Waals surface area contributed by atoms with Crippen molar-refractivity contribution >= 4 is 27.6 Å². The number of pyridine rings is 1. The average Bonchev–Trinajstić information content (AvgIpc) is 2.37. The Morgan fingerprint density at radius 1 is 1.33 bits per heavy atom. The molecule has 7 heteroatoms. The van der Waals surface area contributed by atoms with Crippen LogP contribution in [0, 0.1) is 0 Å². The molecular weight excluding hydrogens is 300 g/mol. The van der Waals surface area contributed by atoms with Gasteiger partial charge in [-0.1, -0.05) is 0 Å². The number of anilines is 1. The first kappa shape index (κ1) is 12.4. The van der Waals surface area contributed by atoms with Crippen molar-refractivity contribution in [3.8, 4) is 0 Å². The second kappa shape index (κ2) is 5.54. The summed E-state index contributed by atoms with van der Waals surface area (Å²) in [7, 11) is 0. The number of nitrogens with one attached hydrogen (secondary N) is 1. The van der Waals surface area contributed by atoms with Crippen molar-refractivity contribution in [3.05, 3.63) is 46.7 Å². The minimum atomic E-state index is -1.04. The monoisotopic (exact) mass is 308 g/mol. The summed E-state index contributed by atoms with van der Waals surface area (Å²) >= 11 is 3.30. The van der Waals surface area contributed by atoms with Crippen molar-refractivity contribution in [2.45, 2.75) is 6.54 Å². The minimum Gasteiger partial charge on any atom is -0.478 e. The van der Waals surface area contributed by atoms with E-state index in [1.807, 2.05) is 6.07 Å². The van der Waals surface area contributed by atoms with Crippen LogP contribution in [0.25, 0.3) is 0 Å². The quantitative estimate of drug-likeness (QED) is 0.897. The van der Waals surface area contributed by atoms with Crippen molar-refractivity contribution in [3.63, 3.8) is 0 Å². The van der Waals surface area contributed by atoms with Gasteiger partial charge in [0.2, 0.25) is 0 Å². The third kappa shape index (κ3) is 3.01. The van der Waals surface area contributed by atoms with Gasteiger partial charge >= 0.3 is 5.97 Å². The van der Waals surface area contributed by atoms with Crippen LogP contribution in [0.3, 0.4) is 0 Å². The molecule has 2 heterocycles. The van der Waals surface area contributed by atoms with E-state index in [1.54, 1.807) is 12.4 Å². The van der Waals surface area contributed by atoms with Gasteiger partial charge in [0.05, 0.1) is 24.1 Å². The Morgan fingerprint density at radius 2 is 2.17 bits per heavy atom. The van der Waals surface area contributed by atoms with Gasteiger partial charge in [0.1, 0.15) is 11.9 Å². The van der Waals surface area contributed by atoms with Crippen LogP contribution in [0.5, 0.6) is 0 Å². The van der Waals surface area contributed by atoms with Crippen molar-refractivity contribution in [1.29, 1.82) is 0 Å². The average molecular weight is 309 g/mol. The molecule has 0 unspecified atom stereocenters. The maximum absolute atomic E-state index is 11.0. The number of rotatable bonds is 4. The molecule has 0 radical (unpaired) electrons. The molecule has 2 aromatic rings. The van der Waals surface area contributed by atoms with Crippen molar-refractivity contribution < 1.29 is 9.90 Å². The van der Waals surface area contributed by atoms with Crippen LogP contribution in [-0.2, 0) is 6.54 Å². The number of halogens is 1. The SMILES string of the molecule is O=C(O)c1cncnc1CNc1cncc(Br)c1. The molecule has 92 valence electrons. The zero-order valence-electron chi connectivity index (χ0n) is 9.17. The molecule has 0 spiro atoms. The Labute approximate surface area is 111 Å². The molecule has 0 aliphatic carbocycles. The van der Waals surface area contributed by atoms with E-state index in [2.05, 4.69) is 36.2 Å². The van der Waals surface area contributed by atoms with E-state index in [4.69, 9.17) is 5.11 Å². The Kier molecular flexibility index (Phi) is 3.83. The molecule has 0 atom stereocenters. The standard InChI is InChI=1S/C11H9BrN4O2/c12-7-1-8(3-13-2-7)15-5-10-9(11(17)18)4-14-6-16-10/h1-4,6,15H,5H2,(H,17,18). The summed E-state index contributed by atoms with van der Waals surface area (Å²) in [6.07, 6.45) is 5.92. The van der Waals surface area contributed by atoms with Crippen LogP contribution in [0.1, 0.15) is 16.1 Å². The largest absolute Gasteiger partial charge is 0.478 e. The molecule has 0 saturated heterocycles. The fourth-order valence-electron chi connectivity index (χ4n) is 1.37. The van der Waals surface area contributed by atoms with Crippen LogP contribution in [0.4, 0.5) is 5.69 Å². The molecule has 0 aliphatic heterocycles. The number of nitrogens with zero attached hydrogens (tertiary/aromatic N) is 3. The lowest BCUT2D eigenvalue weighted by atomic mass is 10.2. The molecule has 2 rings (SSSR count). The summed E-state index contributed by atoms with van der Waals surface area (Å²) in [5.74, 6) is -1.04. The third-order valence-corrected chi connectivity index (χ3v) is 2.62. The molecule has 0 aliphatic rings. The lowest BCUT2D eigenvalue weighted by Gasteiger charge is -2.07. The van der Waals surface area contributed by atoms with Crippen molar-refractivity contribution in [1.82, 2.24) is 15.0 Å². The summed E-state index contributed by atoms with van der Waals surface area (Å²) in [6, 6.07) is 1.84. The fraction of sp³-hybridized carbons (Fsp3) is 0.0909. The van der Waals surface area contributed by atoms with E-state index in [9.17, 15) is 4.79 Å². The first-order valence-electron chi connectivity index (χ1n) is 5.03. The van der Waals surface area contributed by atoms with Crippen LogP contribution in [-0.4, -0.2) is 26.0 Å². The highest BCUT2D eigenvalue weighted by Crippen LogP contribution is 2.14. The summed E-state index contributed by atoms with van der Waals surface area (Å²) in [6.45, 7) is 0.294. The van der Waals surface area contributed by atoms with E-state index in [0.29, 0.717) is 12.2 Å². The van der Waals surface area contributed by atoms with Crippen molar-refractivity contribution in [2.24, 2.45) is 0 Å². The molecule has 0 amide bonds. The molecule has 0 fully saturated rings. The molecule has 18 heavy (non-hydrogen) atoms. The number of carboxylic acid groups (broad SMARTS) is 1. The zero-order chi connectivity index (χ0) is 13.0. The molecule has 0 saturated carbocycles. The Hall–Kier alpha value is -2.02. The van der Waals surface area contributed by atoms with Gasteiger partial charge in [-0.2, -0.15) is 0 Å². The number of aromatic nitrogens is 3. The summed E-state index contributed by atoms with van der Waals surface area (Å²) in [5, 5.41) is 12.0. The molecular formula is C11H9BrN4O2. The lowest BCUT2D eigenvalue weighted by molar-refractivity contribution is 0.0694. The van der Waals surface area contributed by atoms with E-state index in [0.717, 1.165) is 10.2 Å². The van der Waals surface area contributed by atoms with E-state index in [-0.39, 0.29) is 5.56 Å². The Morgan fingerprint density at radius 3 is 2.89 bits per heavy atom. The normalized spacial score (nSPS) is 10.1. The fourth-order valence-corrected chi connectivity index (χ4v) is 1.73. The smallest absolute Gasteiger partial charge is 0.339 e. The number of hydrogen-bond acceptors (Lipinski definition) is 5. The van der Waals surface area contributed by atoms with Crippen LogP contribution in [0.2, 0.25) is 0 Å². The molecule has 0 aromatic carbocycles.